The molecule has 28 heavy (non-hydrogen) atoms. The number of hydrogen-bond donors (Lipinski definition) is 0. The average Bonchev–Trinajstić information content (AvgIpc) is 2.71. The number of rotatable bonds is 10. The van der Waals surface area contributed by atoms with Crippen molar-refractivity contribution >= 4 is 11.8 Å². The molecule has 4 nitrogen and oxygen atoms in total. The fourth-order valence-electron chi connectivity index (χ4n) is 2.54. The van der Waals surface area contributed by atoms with Gasteiger partial charge in [-0.05, 0) is 37.5 Å². The highest BCUT2D eigenvalue weighted by atomic mass is 16.5. The van der Waals surface area contributed by atoms with Gasteiger partial charge in [0.15, 0.2) is 6.10 Å². The number of benzene rings is 2. The first-order chi connectivity index (χ1) is 13.6. The molecule has 0 spiro atoms. The van der Waals surface area contributed by atoms with E-state index in [1.165, 1.54) is 0 Å². The van der Waals surface area contributed by atoms with Gasteiger partial charge in [-0.2, -0.15) is 0 Å². The Kier molecular flexibility index (Phi) is 9.54. The lowest BCUT2D eigenvalue weighted by Crippen LogP contribution is -2.17. The van der Waals surface area contributed by atoms with Crippen molar-refractivity contribution in [1.29, 1.82) is 0 Å². The van der Waals surface area contributed by atoms with Gasteiger partial charge in [-0.25, -0.2) is 4.79 Å². The molecule has 0 saturated carbocycles. The molecule has 146 valence electrons. The van der Waals surface area contributed by atoms with Crippen LogP contribution in [0.5, 0.6) is 0 Å². The standard InChI is InChI=1S/C24H26O4/c1-20(25)11-10-17-23(28-24(26)22-14-6-3-7-15-22)16-8-9-18-27-19-21-12-4-2-5-13-21/h2-7,12-15,23H,9-11,17-19H2,1H3. The first kappa shape index (κ1) is 21.4. The normalized spacial score (nSPS) is 11.2. The third-order valence-electron chi connectivity index (χ3n) is 4.00. The van der Waals surface area contributed by atoms with E-state index in [9.17, 15) is 9.59 Å². The van der Waals surface area contributed by atoms with E-state index in [0.29, 0.717) is 44.5 Å². The van der Waals surface area contributed by atoms with Gasteiger partial charge in [0.25, 0.3) is 0 Å². The van der Waals surface area contributed by atoms with Crippen molar-refractivity contribution in [3.63, 3.8) is 0 Å². The molecule has 2 aromatic rings. The topological polar surface area (TPSA) is 52.6 Å². The third kappa shape index (κ3) is 8.66. The summed E-state index contributed by atoms with van der Waals surface area (Å²) in [5, 5.41) is 0. The summed E-state index contributed by atoms with van der Waals surface area (Å²) in [4.78, 5) is 23.4. The molecule has 4 heteroatoms. The first-order valence-corrected chi connectivity index (χ1v) is 9.50. The molecule has 0 fully saturated rings. The Morgan fingerprint density at radius 1 is 1.00 bits per heavy atom. The fourth-order valence-corrected chi connectivity index (χ4v) is 2.54. The maximum Gasteiger partial charge on any atom is 0.339 e. The molecule has 1 atom stereocenters. The highest BCUT2D eigenvalue weighted by molar-refractivity contribution is 5.89. The van der Waals surface area contributed by atoms with Gasteiger partial charge in [-0.15, -0.1) is 0 Å². The van der Waals surface area contributed by atoms with Crippen molar-refractivity contribution < 1.29 is 19.1 Å². The summed E-state index contributed by atoms with van der Waals surface area (Å²) in [6, 6.07) is 18.8. The smallest absolute Gasteiger partial charge is 0.339 e. The van der Waals surface area contributed by atoms with Crippen LogP contribution in [0.3, 0.4) is 0 Å². The van der Waals surface area contributed by atoms with Crippen LogP contribution in [0.25, 0.3) is 0 Å². The minimum atomic E-state index is -0.527. The highest BCUT2D eigenvalue weighted by Gasteiger charge is 2.14. The Morgan fingerprint density at radius 2 is 1.68 bits per heavy atom. The van der Waals surface area contributed by atoms with Crippen molar-refractivity contribution in [3.05, 3.63) is 71.8 Å². The molecule has 0 aliphatic rings. The van der Waals surface area contributed by atoms with Crippen molar-refractivity contribution in [2.24, 2.45) is 0 Å². The summed E-state index contributed by atoms with van der Waals surface area (Å²) >= 11 is 0. The summed E-state index contributed by atoms with van der Waals surface area (Å²) in [7, 11) is 0. The number of carbonyl (C=O) groups excluding carboxylic acids is 2. The Bertz CT molecular complexity index is 788. The summed E-state index contributed by atoms with van der Waals surface area (Å²) in [5.41, 5.74) is 1.61. The van der Waals surface area contributed by atoms with Crippen molar-refractivity contribution in [2.75, 3.05) is 6.61 Å². The second kappa shape index (κ2) is 12.5. The number of esters is 1. The van der Waals surface area contributed by atoms with Gasteiger partial charge in [-0.3, -0.25) is 0 Å². The molecule has 2 aromatic carbocycles. The van der Waals surface area contributed by atoms with Crippen LogP contribution in [0.4, 0.5) is 0 Å². The zero-order chi connectivity index (χ0) is 20.0. The van der Waals surface area contributed by atoms with E-state index in [0.717, 1.165) is 5.56 Å². The maximum atomic E-state index is 12.3. The van der Waals surface area contributed by atoms with Gasteiger partial charge in [0.2, 0.25) is 0 Å². The summed E-state index contributed by atoms with van der Waals surface area (Å²) in [5.74, 6) is 5.76. The third-order valence-corrected chi connectivity index (χ3v) is 4.00. The Hall–Kier alpha value is -2.90. The number of hydrogen-bond acceptors (Lipinski definition) is 4. The zero-order valence-electron chi connectivity index (χ0n) is 16.2. The molecule has 0 saturated heterocycles. The fraction of sp³-hybridized carbons (Fsp3) is 0.333. The second-order valence-electron chi connectivity index (χ2n) is 6.46. The van der Waals surface area contributed by atoms with Crippen LogP contribution >= 0.6 is 0 Å². The van der Waals surface area contributed by atoms with Gasteiger partial charge in [0.05, 0.1) is 18.8 Å². The second-order valence-corrected chi connectivity index (χ2v) is 6.46. The van der Waals surface area contributed by atoms with E-state index in [1.54, 1.807) is 31.2 Å². The lowest BCUT2D eigenvalue weighted by molar-refractivity contribution is -0.117. The quantitative estimate of drug-likeness (QED) is 0.345. The molecule has 1 unspecified atom stereocenters. The minimum Gasteiger partial charge on any atom is -0.446 e. The molecule has 0 amide bonds. The molecule has 0 bridgehead atoms. The van der Waals surface area contributed by atoms with Crippen molar-refractivity contribution in [2.45, 2.75) is 45.3 Å². The summed E-state index contributed by atoms with van der Waals surface area (Å²) < 4.78 is 11.1. The molecule has 0 N–H and O–H groups in total. The Balaban J connectivity index is 1.82. The molecular weight excluding hydrogens is 352 g/mol. The van der Waals surface area contributed by atoms with Gasteiger partial charge in [0, 0.05) is 12.8 Å². The molecule has 0 aromatic heterocycles. The van der Waals surface area contributed by atoms with Crippen LogP contribution in [-0.2, 0) is 20.9 Å². The van der Waals surface area contributed by atoms with Crippen LogP contribution in [0, 0.1) is 11.8 Å². The number of ketones is 1. The lowest BCUT2D eigenvalue weighted by atomic mass is 10.1. The Labute approximate surface area is 166 Å². The summed E-state index contributed by atoms with van der Waals surface area (Å²) in [6.07, 6.45) is 1.67. The van der Waals surface area contributed by atoms with Crippen LogP contribution in [0.1, 0.15) is 48.5 Å². The van der Waals surface area contributed by atoms with Crippen LogP contribution in [0.2, 0.25) is 0 Å². The van der Waals surface area contributed by atoms with Gasteiger partial charge in [0.1, 0.15) is 5.78 Å². The van der Waals surface area contributed by atoms with E-state index in [1.807, 2.05) is 36.4 Å². The van der Waals surface area contributed by atoms with Crippen LogP contribution in [0.15, 0.2) is 60.7 Å². The van der Waals surface area contributed by atoms with E-state index >= 15 is 0 Å². The Morgan fingerprint density at radius 3 is 2.36 bits per heavy atom. The molecule has 0 aliphatic carbocycles. The van der Waals surface area contributed by atoms with Crippen LogP contribution in [-0.4, -0.2) is 24.5 Å². The van der Waals surface area contributed by atoms with E-state index < -0.39 is 12.1 Å². The first-order valence-electron chi connectivity index (χ1n) is 9.50. The number of carbonyl (C=O) groups is 2. The monoisotopic (exact) mass is 378 g/mol. The number of ether oxygens (including phenoxy) is 2. The van der Waals surface area contributed by atoms with Crippen LogP contribution < -0.4 is 0 Å². The predicted octanol–water partition coefficient (Wildman–Crippen LogP) is 4.58. The molecular formula is C24H26O4. The molecule has 0 radical (unpaired) electrons. The van der Waals surface area contributed by atoms with Crippen molar-refractivity contribution in [3.8, 4) is 11.8 Å². The molecule has 2 rings (SSSR count). The van der Waals surface area contributed by atoms with Gasteiger partial charge < -0.3 is 14.3 Å². The zero-order valence-corrected chi connectivity index (χ0v) is 16.2. The van der Waals surface area contributed by atoms with Crippen molar-refractivity contribution in [1.82, 2.24) is 0 Å². The SMILES string of the molecule is CC(=O)CCCC(C#CCCOCc1ccccc1)OC(=O)c1ccccc1. The van der Waals surface area contributed by atoms with E-state index in [2.05, 4.69) is 11.8 Å². The largest absolute Gasteiger partial charge is 0.446 e. The number of Topliss-reactive ketones (excluding diaryl/α,β-unsaturated/α-hetero) is 1. The predicted molar refractivity (Wildman–Crippen MR) is 109 cm³/mol. The molecule has 0 heterocycles. The summed E-state index contributed by atoms with van der Waals surface area (Å²) in [6.45, 7) is 2.61. The van der Waals surface area contributed by atoms with E-state index in [-0.39, 0.29) is 5.78 Å². The average molecular weight is 378 g/mol. The van der Waals surface area contributed by atoms with E-state index in [4.69, 9.17) is 9.47 Å². The van der Waals surface area contributed by atoms with Gasteiger partial charge >= 0.3 is 5.97 Å². The molecule has 0 aliphatic heterocycles. The lowest BCUT2D eigenvalue weighted by Gasteiger charge is -2.12. The maximum absolute atomic E-state index is 12.3. The minimum absolute atomic E-state index is 0.121. The van der Waals surface area contributed by atoms with Gasteiger partial charge in [-0.1, -0.05) is 60.4 Å². The highest BCUT2D eigenvalue weighted by Crippen LogP contribution is 2.10.